The van der Waals surface area contributed by atoms with Gasteiger partial charge in [0.05, 0.1) is 31.1 Å². The van der Waals surface area contributed by atoms with Crippen molar-refractivity contribution < 1.29 is 65.5 Å². The summed E-state index contributed by atoms with van der Waals surface area (Å²) in [5, 5.41) is 9.19. The van der Waals surface area contributed by atoms with Gasteiger partial charge in [0.25, 0.3) is 5.56 Å². The van der Waals surface area contributed by atoms with E-state index in [9.17, 15) is 37.9 Å². The molecule has 304 valence electrons. The van der Waals surface area contributed by atoms with E-state index in [4.69, 9.17) is 29.5 Å². The van der Waals surface area contributed by atoms with E-state index >= 15 is 0 Å². The van der Waals surface area contributed by atoms with E-state index in [1.165, 1.54) is 32.5 Å². The first-order chi connectivity index (χ1) is 25.2. The summed E-state index contributed by atoms with van der Waals surface area (Å²) in [6.45, 7) is 3.46. The van der Waals surface area contributed by atoms with E-state index in [1.54, 1.807) is 0 Å². The number of unbranched alkanes of at least 4 members (excludes halogenated alkanes) is 1. The zero-order valence-corrected chi connectivity index (χ0v) is 33.8. The fraction of sp³-hybridized carbons (Fsp3) is 0.720. The van der Waals surface area contributed by atoms with Crippen molar-refractivity contribution in [1.82, 2.24) is 35.5 Å². The number of nitrogens with two attached hydrogens (primary N) is 1. The number of rotatable bonds is 20. The van der Waals surface area contributed by atoms with Crippen LogP contribution in [0.5, 0.6) is 0 Å². The molecule has 6 unspecified atom stereocenters. The maximum Gasteiger partial charge on any atom is 0.490 e. The first-order valence-corrected chi connectivity index (χ1v) is 24.1. The molecule has 2 aromatic heterocycles. The smallest absolute Gasteiger partial charge is 0.369 e. The number of amides is 3. The summed E-state index contributed by atoms with van der Waals surface area (Å²) >= 11 is 1.84. The highest BCUT2D eigenvalue weighted by molar-refractivity contribution is 8.77. The number of carbonyl (C=O) groups excluding carboxylic acids is 2. The van der Waals surface area contributed by atoms with Gasteiger partial charge in [-0.2, -0.15) is 25.4 Å². The van der Waals surface area contributed by atoms with Crippen molar-refractivity contribution in [2.24, 2.45) is 0 Å². The number of nitrogens with zero attached hydrogens (tertiary/aromatic N) is 3. The second kappa shape index (κ2) is 17.8. The summed E-state index contributed by atoms with van der Waals surface area (Å²) < 4.78 is 60.5. The molecule has 0 aliphatic carbocycles. The summed E-state index contributed by atoms with van der Waals surface area (Å²) in [7, 11) is -14.1. The Hall–Kier alpha value is -1.73. The number of hydrogen-bond donors (Lipinski definition) is 9. The van der Waals surface area contributed by atoms with Crippen molar-refractivity contribution in [3.8, 4) is 0 Å². The van der Waals surface area contributed by atoms with Crippen LogP contribution >= 0.6 is 56.8 Å². The van der Waals surface area contributed by atoms with Crippen molar-refractivity contribution in [3.05, 3.63) is 16.7 Å². The largest absolute Gasteiger partial charge is 0.490 e. The predicted octanol–water partition coefficient (Wildman–Crippen LogP) is 1.68. The van der Waals surface area contributed by atoms with Gasteiger partial charge in [-0.05, 0) is 26.7 Å². The lowest BCUT2D eigenvalue weighted by molar-refractivity contribution is -0.121. The van der Waals surface area contributed by atoms with E-state index < -0.39 is 58.8 Å². The third-order valence-electron chi connectivity index (χ3n) is 8.17. The standard InChI is InChI=1S/C25H41N8O15P3S3/c1-25(2,10-27-17(34)6-4-3-5-16-19-13(9-52-16)29-24(36)30-19)54-53-12-44-14-7-18(33-11-28-20-21(33)31-23(26)32-22(20)35)46-15(14)8-45-50(40,41)48-51(42,43)47-49(37,38)39/h11,13-16,18-19H,3-10,12H2,1-2H3,(H,27,34)(H,40,41)(H,42,43)(H2,29,30,36)(H2,37,38,39)(H3,26,31,32,35)/t13?,14?,15-,16?,18-,19?/m1/s1. The maximum absolute atomic E-state index is 12.6. The van der Waals surface area contributed by atoms with Gasteiger partial charge < -0.3 is 50.7 Å². The third-order valence-corrected chi connectivity index (χ3v) is 16.4. The van der Waals surface area contributed by atoms with Crippen molar-refractivity contribution in [1.29, 1.82) is 0 Å². The average Bonchev–Trinajstić information content (AvgIpc) is 3.81. The third kappa shape index (κ3) is 12.4. The van der Waals surface area contributed by atoms with Crippen molar-refractivity contribution in [2.45, 2.75) is 86.5 Å². The van der Waals surface area contributed by atoms with E-state index in [-0.39, 0.29) is 53.5 Å². The number of phosphoric acid groups is 3. The van der Waals surface area contributed by atoms with Crippen LogP contribution in [0.4, 0.5) is 10.7 Å². The van der Waals surface area contributed by atoms with Crippen LogP contribution in [-0.2, 0) is 41.1 Å². The van der Waals surface area contributed by atoms with E-state index in [2.05, 4.69) is 39.5 Å². The quantitative estimate of drug-likeness (QED) is 0.0300. The number of urea groups is 1. The number of aromatic amines is 1. The van der Waals surface area contributed by atoms with Gasteiger partial charge in [0.1, 0.15) is 18.3 Å². The van der Waals surface area contributed by atoms with Crippen LogP contribution in [0.25, 0.3) is 11.2 Å². The van der Waals surface area contributed by atoms with Gasteiger partial charge in [-0.15, -0.1) is 0 Å². The first-order valence-electron chi connectivity index (χ1n) is 16.2. The SMILES string of the molecule is CC(C)(CNC(=O)CCCCC1SCC2NC(=O)NC21)SSCOC1C[C@H](n2cnc3c(=O)[nH]c(N)nc32)O[C@@H]1COP(=O)(O)OP(=O)(O)OP(=O)(O)O. The Morgan fingerprint density at radius 3 is 2.67 bits per heavy atom. The van der Waals surface area contributed by atoms with Gasteiger partial charge >= 0.3 is 29.5 Å². The van der Waals surface area contributed by atoms with Gasteiger partial charge in [0.15, 0.2) is 11.2 Å². The fourth-order valence-electron chi connectivity index (χ4n) is 5.82. The van der Waals surface area contributed by atoms with Crippen LogP contribution in [0.1, 0.15) is 52.2 Å². The normalized spacial score (nSPS) is 26.6. The van der Waals surface area contributed by atoms with Crippen molar-refractivity contribution in [3.63, 3.8) is 0 Å². The lowest BCUT2D eigenvalue weighted by Crippen LogP contribution is -2.37. The van der Waals surface area contributed by atoms with Gasteiger partial charge in [-0.1, -0.05) is 28.0 Å². The zero-order chi connectivity index (χ0) is 39.5. The van der Waals surface area contributed by atoms with Crippen LogP contribution in [0.2, 0.25) is 0 Å². The number of aromatic nitrogens is 4. The van der Waals surface area contributed by atoms with Crippen molar-refractivity contribution in [2.75, 3.05) is 30.6 Å². The summed E-state index contributed by atoms with van der Waals surface area (Å²) in [5.74, 6) is 0.679. The monoisotopic (exact) mass is 882 g/mol. The molecule has 5 heterocycles. The lowest BCUT2D eigenvalue weighted by atomic mass is 10.0. The second-order valence-electron chi connectivity index (χ2n) is 13.0. The number of hydrogen-bond acceptors (Lipinski definition) is 17. The molecule has 0 bridgehead atoms. The molecular formula is C25H41N8O15P3S3. The Kier molecular flexibility index (Phi) is 14.3. The van der Waals surface area contributed by atoms with Crippen molar-refractivity contribution >= 4 is 85.9 Å². The molecule has 5 rings (SSSR count). The molecule has 23 nitrogen and oxygen atoms in total. The van der Waals surface area contributed by atoms with Gasteiger partial charge in [0, 0.05) is 35.1 Å². The Bertz CT molecular complexity index is 1880. The maximum atomic E-state index is 12.6. The first kappa shape index (κ1) is 43.4. The molecule has 0 spiro atoms. The number of anilines is 1. The molecule has 8 atom stereocenters. The highest BCUT2D eigenvalue weighted by Crippen LogP contribution is 2.66. The Labute approximate surface area is 319 Å². The van der Waals surface area contributed by atoms with Crippen LogP contribution in [-0.4, -0.2) is 110 Å². The Morgan fingerprint density at radius 2 is 1.93 bits per heavy atom. The number of carbonyl (C=O) groups is 2. The van der Waals surface area contributed by atoms with Gasteiger partial charge in [-0.25, -0.2) is 23.5 Å². The van der Waals surface area contributed by atoms with Gasteiger partial charge in [0.2, 0.25) is 11.9 Å². The van der Waals surface area contributed by atoms with Crippen LogP contribution in [0, 0.1) is 0 Å². The lowest BCUT2D eigenvalue weighted by Gasteiger charge is -2.24. The van der Waals surface area contributed by atoms with Crippen LogP contribution in [0.15, 0.2) is 11.1 Å². The number of imidazole rings is 1. The predicted molar refractivity (Wildman–Crippen MR) is 197 cm³/mol. The molecule has 10 N–H and O–H groups in total. The van der Waals surface area contributed by atoms with E-state index in [1.807, 2.05) is 25.6 Å². The zero-order valence-electron chi connectivity index (χ0n) is 28.7. The Balaban J connectivity index is 1.10. The number of ether oxygens (including phenoxy) is 2. The molecule has 3 aliphatic heterocycles. The number of nitrogen functional groups attached to an aromatic ring is 1. The highest BCUT2D eigenvalue weighted by Gasteiger charge is 2.44. The minimum atomic E-state index is -5.75. The number of nitrogens with one attached hydrogen (secondary N) is 4. The average molecular weight is 883 g/mol. The molecule has 3 fully saturated rings. The molecule has 3 aliphatic rings. The van der Waals surface area contributed by atoms with E-state index in [0.29, 0.717) is 18.2 Å². The van der Waals surface area contributed by atoms with Crippen LogP contribution < -0.4 is 27.2 Å². The molecule has 3 saturated heterocycles. The second-order valence-corrected chi connectivity index (χ2v) is 21.6. The van der Waals surface area contributed by atoms with Gasteiger partial charge in [-0.3, -0.25) is 23.7 Å². The number of H-pyrrole nitrogens is 1. The summed E-state index contributed by atoms with van der Waals surface area (Å²) in [5.41, 5.74) is 5.13. The molecule has 0 radical (unpaired) electrons. The van der Waals surface area contributed by atoms with Crippen LogP contribution in [0.3, 0.4) is 0 Å². The summed E-state index contributed by atoms with van der Waals surface area (Å²) in [6.07, 6.45) is 1.31. The molecule has 54 heavy (non-hydrogen) atoms. The highest BCUT2D eigenvalue weighted by atomic mass is 33.1. The Morgan fingerprint density at radius 1 is 1.17 bits per heavy atom. The molecule has 0 saturated carbocycles. The molecular weight excluding hydrogens is 841 g/mol. The summed E-state index contributed by atoms with van der Waals surface area (Å²) in [4.78, 5) is 84.0. The minimum Gasteiger partial charge on any atom is -0.369 e. The number of phosphoric ester groups is 1. The molecule has 0 aromatic carbocycles. The minimum absolute atomic E-state index is 0.0393. The topological polar surface area (TPSA) is 338 Å². The fourth-order valence-corrected chi connectivity index (χ4v) is 12.6. The summed E-state index contributed by atoms with van der Waals surface area (Å²) in [6, 6.07) is 0.171. The van der Waals surface area contributed by atoms with E-state index in [0.717, 1.165) is 25.0 Å². The number of thioether (sulfide) groups is 1. The number of fused-ring (bicyclic) bond motifs is 2. The molecule has 29 heteroatoms. The molecule has 2 aromatic rings. The molecule has 3 amide bonds.